The number of hydrogen-bond donors (Lipinski definition) is 0. The first-order valence-electron chi connectivity index (χ1n) is 3.49. The van der Waals surface area contributed by atoms with Crippen LogP contribution in [0.3, 0.4) is 0 Å². The summed E-state index contributed by atoms with van der Waals surface area (Å²) in [6.07, 6.45) is 0. The number of amides is 1. The molecule has 0 aromatic heterocycles. The SMILES string of the molecule is CC(=O)N(C)C.CN=C(C)C. The lowest BCUT2D eigenvalue weighted by Gasteiger charge is -2.02. The molecular weight excluding hydrogens is 140 g/mol. The quantitative estimate of drug-likeness (QED) is 0.487. The van der Waals surface area contributed by atoms with Crippen LogP contribution in [0.2, 0.25) is 0 Å². The Kier molecular flexibility index (Phi) is 8.43. The van der Waals surface area contributed by atoms with Crippen LogP contribution in [0.15, 0.2) is 4.99 Å². The van der Waals surface area contributed by atoms with Crippen molar-refractivity contribution in [1.82, 2.24) is 4.90 Å². The van der Waals surface area contributed by atoms with E-state index in [1.165, 1.54) is 11.8 Å². The van der Waals surface area contributed by atoms with Crippen LogP contribution in [-0.2, 0) is 4.79 Å². The minimum absolute atomic E-state index is 0.0926. The third kappa shape index (κ3) is 17.6. The normalized spacial score (nSPS) is 7.45. The topological polar surface area (TPSA) is 32.7 Å². The molecule has 3 nitrogen and oxygen atoms in total. The lowest BCUT2D eigenvalue weighted by atomic mass is 10.5. The molecule has 11 heavy (non-hydrogen) atoms. The molecule has 0 radical (unpaired) electrons. The predicted molar refractivity (Wildman–Crippen MR) is 49.1 cm³/mol. The van der Waals surface area contributed by atoms with Crippen LogP contribution in [0.1, 0.15) is 20.8 Å². The first-order chi connectivity index (χ1) is 4.91. The molecule has 0 N–H and O–H groups in total. The van der Waals surface area contributed by atoms with Gasteiger partial charge in [0.05, 0.1) is 0 Å². The minimum Gasteiger partial charge on any atom is -0.349 e. The van der Waals surface area contributed by atoms with Crippen LogP contribution in [-0.4, -0.2) is 37.7 Å². The number of carbonyl (C=O) groups is 1. The van der Waals surface area contributed by atoms with Gasteiger partial charge in [-0.2, -0.15) is 0 Å². The molecule has 0 aliphatic heterocycles. The molecule has 66 valence electrons. The molecule has 0 aromatic rings. The van der Waals surface area contributed by atoms with E-state index in [0.29, 0.717) is 0 Å². The Balaban J connectivity index is 0. The van der Waals surface area contributed by atoms with Crippen LogP contribution >= 0.6 is 0 Å². The second kappa shape index (κ2) is 7.25. The molecule has 0 aliphatic rings. The number of nitrogens with zero attached hydrogens (tertiary/aromatic N) is 2. The fourth-order valence-electron chi connectivity index (χ4n) is 0. The van der Waals surface area contributed by atoms with Gasteiger partial charge in [0.15, 0.2) is 0 Å². The van der Waals surface area contributed by atoms with Gasteiger partial charge in [0.2, 0.25) is 5.91 Å². The van der Waals surface area contributed by atoms with Gasteiger partial charge in [-0.25, -0.2) is 0 Å². The summed E-state index contributed by atoms with van der Waals surface area (Å²) in [6, 6.07) is 0. The van der Waals surface area contributed by atoms with Crippen molar-refractivity contribution in [1.29, 1.82) is 0 Å². The van der Waals surface area contributed by atoms with E-state index >= 15 is 0 Å². The van der Waals surface area contributed by atoms with Crippen molar-refractivity contribution in [2.75, 3.05) is 21.1 Å². The van der Waals surface area contributed by atoms with Gasteiger partial charge in [-0.3, -0.25) is 9.79 Å². The molecule has 0 bridgehead atoms. The van der Waals surface area contributed by atoms with Crippen LogP contribution in [0.25, 0.3) is 0 Å². The fraction of sp³-hybridized carbons (Fsp3) is 0.750. The highest BCUT2D eigenvalue weighted by atomic mass is 16.2. The molecule has 0 unspecified atom stereocenters. The molecule has 0 saturated carbocycles. The summed E-state index contributed by atoms with van der Waals surface area (Å²) in [6.45, 7) is 5.47. The van der Waals surface area contributed by atoms with Gasteiger partial charge in [-0.15, -0.1) is 0 Å². The summed E-state index contributed by atoms with van der Waals surface area (Å²) in [7, 11) is 5.24. The summed E-state index contributed by atoms with van der Waals surface area (Å²) >= 11 is 0. The van der Waals surface area contributed by atoms with Crippen molar-refractivity contribution in [3.05, 3.63) is 0 Å². The summed E-state index contributed by atoms with van der Waals surface area (Å²) in [4.78, 5) is 15.4. The van der Waals surface area contributed by atoms with E-state index in [2.05, 4.69) is 4.99 Å². The number of rotatable bonds is 0. The van der Waals surface area contributed by atoms with Gasteiger partial charge in [0.1, 0.15) is 0 Å². The highest BCUT2D eigenvalue weighted by Gasteiger charge is 1.87. The zero-order chi connectivity index (χ0) is 9.44. The Morgan fingerprint density at radius 1 is 1.18 bits per heavy atom. The average Bonchev–Trinajstić information content (AvgIpc) is 1.89. The van der Waals surface area contributed by atoms with Crippen LogP contribution in [0.4, 0.5) is 0 Å². The van der Waals surface area contributed by atoms with Crippen molar-refractivity contribution < 1.29 is 4.79 Å². The highest BCUT2D eigenvalue weighted by molar-refractivity contribution is 5.78. The van der Waals surface area contributed by atoms with Crippen LogP contribution in [0.5, 0.6) is 0 Å². The van der Waals surface area contributed by atoms with Crippen molar-refractivity contribution in [3.63, 3.8) is 0 Å². The Labute approximate surface area is 69.1 Å². The second-order valence-electron chi connectivity index (χ2n) is 2.58. The van der Waals surface area contributed by atoms with Crippen molar-refractivity contribution in [2.45, 2.75) is 20.8 Å². The zero-order valence-corrected chi connectivity index (χ0v) is 8.30. The number of aliphatic imine (C=N–C) groups is 1. The van der Waals surface area contributed by atoms with Crippen LogP contribution < -0.4 is 0 Å². The Morgan fingerprint density at radius 2 is 1.36 bits per heavy atom. The fourth-order valence-corrected chi connectivity index (χ4v) is 0. The molecule has 0 heterocycles. The zero-order valence-electron chi connectivity index (χ0n) is 8.30. The smallest absolute Gasteiger partial charge is 0.218 e. The maximum absolute atomic E-state index is 10.1. The Hall–Kier alpha value is -0.860. The second-order valence-corrected chi connectivity index (χ2v) is 2.58. The summed E-state index contributed by atoms with van der Waals surface area (Å²) in [5.74, 6) is 0.0926. The Morgan fingerprint density at radius 3 is 1.36 bits per heavy atom. The van der Waals surface area contributed by atoms with E-state index < -0.39 is 0 Å². The maximum atomic E-state index is 10.1. The van der Waals surface area contributed by atoms with E-state index in [-0.39, 0.29) is 5.91 Å². The van der Waals surface area contributed by atoms with E-state index in [0.717, 1.165) is 5.71 Å². The van der Waals surface area contributed by atoms with Crippen molar-refractivity contribution in [3.8, 4) is 0 Å². The highest BCUT2D eigenvalue weighted by Crippen LogP contribution is 1.69. The summed E-state index contributed by atoms with van der Waals surface area (Å²) < 4.78 is 0. The molecule has 0 spiro atoms. The number of hydrogen-bond acceptors (Lipinski definition) is 2. The lowest BCUT2D eigenvalue weighted by Crippen LogP contribution is -2.17. The van der Waals surface area contributed by atoms with Crippen molar-refractivity contribution >= 4 is 11.6 Å². The molecule has 3 heteroatoms. The predicted octanol–water partition coefficient (Wildman–Crippen LogP) is 1.19. The number of carbonyl (C=O) groups excluding carboxylic acids is 1. The van der Waals surface area contributed by atoms with Crippen LogP contribution in [0, 0.1) is 0 Å². The molecule has 0 aromatic carbocycles. The molecule has 0 saturated heterocycles. The first kappa shape index (κ1) is 12.8. The standard InChI is InChI=1S/C4H9NO.C4H9N/c1-4(6)5(2)3;1-4(2)5-3/h1-3H3;1-3H3. The third-order valence-electron chi connectivity index (χ3n) is 1.08. The van der Waals surface area contributed by atoms with E-state index in [9.17, 15) is 4.79 Å². The monoisotopic (exact) mass is 158 g/mol. The van der Waals surface area contributed by atoms with Gasteiger partial charge in [-0.05, 0) is 13.8 Å². The minimum atomic E-state index is 0.0926. The maximum Gasteiger partial charge on any atom is 0.218 e. The first-order valence-corrected chi connectivity index (χ1v) is 3.49. The molecule has 0 atom stereocenters. The van der Waals surface area contributed by atoms with Gasteiger partial charge in [0, 0.05) is 33.8 Å². The summed E-state index contributed by atoms with van der Waals surface area (Å²) in [5, 5.41) is 0. The Bertz CT molecular complexity index is 135. The largest absolute Gasteiger partial charge is 0.349 e. The van der Waals surface area contributed by atoms with Gasteiger partial charge in [0.25, 0.3) is 0 Å². The molecule has 0 aliphatic carbocycles. The van der Waals surface area contributed by atoms with E-state index in [1.807, 2.05) is 13.8 Å². The average molecular weight is 158 g/mol. The van der Waals surface area contributed by atoms with Gasteiger partial charge in [-0.1, -0.05) is 0 Å². The van der Waals surface area contributed by atoms with Crippen molar-refractivity contribution in [2.24, 2.45) is 4.99 Å². The summed E-state index contributed by atoms with van der Waals surface area (Å²) in [5.41, 5.74) is 1.13. The molecule has 0 fully saturated rings. The van der Waals surface area contributed by atoms with E-state index in [4.69, 9.17) is 0 Å². The van der Waals surface area contributed by atoms with Gasteiger partial charge < -0.3 is 4.90 Å². The van der Waals surface area contributed by atoms with Gasteiger partial charge >= 0.3 is 0 Å². The molecule has 0 rings (SSSR count). The molecular formula is C8H18N2O. The van der Waals surface area contributed by atoms with E-state index in [1.54, 1.807) is 21.1 Å². The third-order valence-corrected chi connectivity index (χ3v) is 1.08. The lowest BCUT2D eigenvalue weighted by molar-refractivity contribution is -0.126. The molecule has 1 amide bonds.